The third-order valence-electron chi connectivity index (χ3n) is 3.15. The van der Waals surface area contributed by atoms with Crippen LogP contribution in [0, 0.1) is 18.3 Å². The quantitative estimate of drug-likeness (QED) is 0.865. The fourth-order valence-electron chi connectivity index (χ4n) is 2.15. The van der Waals surface area contributed by atoms with Gasteiger partial charge in [0.1, 0.15) is 6.07 Å². The van der Waals surface area contributed by atoms with Crippen LogP contribution in [0.2, 0.25) is 0 Å². The van der Waals surface area contributed by atoms with Gasteiger partial charge in [0.25, 0.3) is 0 Å². The normalized spacial score (nSPS) is 22.6. The first-order valence-corrected chi connectivity index (χ1v) is 6.11. The Balaban J connectivity index is 1.95. The molecule has 0 saturated heterocycles. The summed E-state index contributed by atoms with van der Waals surface area (Å²) in [5.74, 6) is 0. The highest BCUT2D eigenvalue weighted by Gasteiger charge is 2.29. The van der Waals surface area contributed by atoms with E-state index in [1.54, 1.807) is 0 Å². The molecule has 1 aromatic rings. The van der Waals surface area contributed by atoms with Gasteiger partial charge in [-0.25, -0.2) is 0 Å². The van der Waals surface area contributed by atoms with Gasteiger partial charge in [0.2, 0.25) is 0 Å². The maximum Gasteiger partial charge on any atom is 0.101 e. The third-order valence-corrected chi connectivity index (χ3v) is 3.15. The molecule has 0 radical (unpaired) electrons. The van der Waals surface area contributed by atoms with Crippen LogP contribution in [0.15, 0.2) is 18.2 Å². The van der Waals surface area contributed by atoms with Gasteiger partial charge < -0.3 is 10.1 Å². The minimum absolute atomic E-state index is 0.397. The fraction of sp³-hybridized carbons (Fsp3) is 0.500. The van der Waals surface area contributed by atoms with Crippen LogP contribution >= 0.6 is 0 Å². The summed E-state index contributed by atoms with van der Waals surface area (Å²) in [5, 5.41) is 12.5. The number of nitrogens with one attached hydrogen (secondary N) is 1. The molecule has 1 aliphatic rings. The van der Waals surface area contributed by atoms with Crippen molar-refractivity contribution >= 4 is 5.69 Å². The maximum atomic E-state index is 9.07. The highest BCUT2D eigenvalue weighted by molar-refractivity contribution is 5.59. The van der Waals surface area contributed by atoms with Crippen LogP contribution in [-0.4, -0.2) is 18.8 Å². The first-order valence-electron chi connectivity index (χ1n) is 6.11. The highest BCUT2D eigenvalue weighted by Crippen LogP contribution is 2.28. The standard InChI is InChI=1S/C14H18N2O/c1-3-17-13-7-12(8-13)16-14-5-4-10(2)6-11(14)9-15/h4-6,12-13,16H,3,7-8H2,1-2H3. The van der Waals surface area contributed by atoms with E-state index in [0.29, 0.717) is 12.1 Å². The van der Waals surface area contributed by atoms with E-state index in [2.05, 4.69) is 11.4 Å². The summed E-state index contributed by atoms with van der Waals surface area (Å²) in [4.78, 5) is 0. The number of anilines is 1. The molecule has 0 unspecified atom stereocenters. The van der Waals surface area contributed by atoms with Gasteiger partial charge in [-0.15, -0.1) is 0 Å². The Morgan fingerprint density at radius 2 is 2.24 bits per heavy atom. The molecule has 3 heteroatoms. The predicted molar refractivity (Wildman–Crippen MR) is 68.0 cm³/mol. The number of aryl methyl sites for hydroxylation is 1. The molecule has 1 aromatic carbocycles. The van der Waals surface area contributed by atoms with E-state index in [1.165, 1.54) is 0 Å². The number of hydrogen-bond donors (Lipinski definition) is 1. The summed E-state index contributed by atoms with van der Waals surface area (Å²) >= 11 is 0. The van der Waals surface area contributed by atoms with Crippen molar-refractivity contribution in [3.05, 3.63) is 29.3 Å². The monoisotopic (exact) mass is 230 g/mol. The summed E-state index contributed by atoms with van der Waals surface area (Å²) in [7, 11) is 0. The fourth-order valence-corrected chi connectivity index (χ4v) is 2.15. The Morgan fingerprint density at radius 1 is 1.47 bits per heavy atom. The molecule has 0 aromatic heterocycles. The molecule has 0 atom stereocenters. The summed E-state index contributed by atoms with van der Waals surface area (Å²) in [5.41, 5.74) is 2.79. The minimum Gasteiger partial charge on any atom is -0.381 e. The molecule has 3 nitrogen and oxygen atoms in total. The molecule has 1 N–H and O–H groups in total. The molecule has 0 amide bonds. The minimum atomic E-state index is 0.397. The zero-order valence-electron chi connectivity index (χ0n) is 10.4. The Labute approximate surface area is 102 Å². The van der Waals surface area contributed by atoms with Crippen molar-refractivity contribution in [1.82, 2.24) is 0 Å². The van der Waals surface area contributed by atoms with E-state index in [-0.39, 0.29) is 0 Å². The lowest BCUT2D eigenvalue weighted by Gasteiger charge is -2.36. The smallest absolute Gasteiger partial charge is 0.101 e. The summed E-state index contributed by atoms with van der Waals surface area (Å²) in [6.45, 7) is 4.80. The van der Waals surface area contributed by atoms with Crippen LogP contribution in [0.5, 0.6) is 0 Å². The SMILES string of the molecule is CCOC1CC(Nc2ccc(C)cc2C#N)C1. The van der Waals surface area contributed by atoms with Crippen LogP contribution in [0.4, 0.5) is 5.69 Å². The first kappa shape index (κ1) is 11.9. The van der Waals surface area contributed by atoms with Gasteiger partial charge in [0, 0.05) is 12.6 Å². The van der Waals surface area contributed by atoms with Gasteiger partial charge in [0.15, 0.2) is 0 Å². The van der Waals surface area contributed by atoms with E-state index < -0.39 is 0 Å². The second-order valence-electron chi connectivity index (χ2n) is 4.55. The third kappa shape index (κ3) is 2.78. The molecule has 1 saturated carbocycles. The molecule has 90 valence electrons. The molecule has 17 heavy (non-hydrogen) atoms. The second kappa shape index (κ2) is 5.20. The van der Waals surface area contributed by atoms with Crippen molar-refractivity contribution in [3.8, 4) is 6.07 Å². The van der Waals surface area contributed by atoms with Crippen molar-refractivity contribution < 1.29 is 4.74 Å². The number of nitrogens with zero attached hydrogens (tertiary/aromatic N) is 1. The van der Waals surface area contributed by atoms with E-state index in [9.17, 15) is 0 Å². The van der Waals surface area contributed by atoms with Crippen LogP contribution in [0.1, 0.15) is 30.9 Å². The van der Waals surface area contributed by atoms with Gasteiger partial charge in [-0.2, -0.15) is 5.26 Å². The molecule has 0 heterocycles. The van der Waals surface area contributed by atoms with Gasteiger partial charge in [-0.05, 0) is 44.4 Å². The van der Waals surface area contributed by atoms with Crippen LogP contribution in [-0.2, 0) is 4.74 Å². The topological polar surface area (TPSA) is 45.0 Å². The van der Waals surface area contributed by atoms with Crippen molar-refractivity contribution in [3.63, 3.8) is 0 Å². The number of rotatable bonds is 4. The number of nitriles is 1. The number of ether oxygens (including phenoxy) is 1. The molecule has 0 spiro atoms. The zero-order chi connectivity index (χ0) is 12.3. The van der Waals surface area contributed by atoms with Gasteiger partial charge in [-0.3, -0.25) is 0 Å². The van der Waals surface area contributed by atoms with E-state index in [1.807, 2.05) is 32.0 Å². The summed E-state index contributed by atoms with van der Waals surface area (Å²) in [6, 6.07) is 8.61. The Hall–Kier alpha value is -1.53. The molecule has 0 aliphatic heterocycles. The van der Waals surface area contributed by atoms with E-state index in [4.69, 9.17) is 10.00 Å². The van der Waals surface area contributed by atoms with Gasteiger partial charge in [0.05, 0.1) is 17.4 Å². The summed E-state index contributed by atoms with van der Waals surface area (Å²) in [6.07, 6.45) is 2.47. The Kier molecular flexibility index (Phi) is 3.65. The lowest BCUT2D eigenvalue weighted by molar-refractivity contribution is 0.00299. The zero-order valence-corrected chi connectivity index (χ0v) is 10.4. The second-order valence-corrected chi connectivity index (χ2v) is 4.55. The Morgan fingerprint density at radius 3 is 2.88 bits per heavy atom. The van der Waals surface area contributed by atoms with E-state index >= 15 is 0 Å². The molecular formula is C14H18N2O. The highest BCUT2D eigenvalue weighted by atomic mass is 16.5. The molecule has 0 bridgehead atoms. The largest absolute Gasteiger partial charge is 0.381 e. The molecule has 2 rings (SSSR count). The average Bonchev–Trinajstić information content (AvgIpc) is 2.28. The number of hydrogen-bond acceptors (Lipinski definition) is 3. The molecular weight excluding hydrogens is 212 g/mol. The Bertz CT molecular complexity index is 430. The van der Waals surface area contributed by atoms with Crippen LogP contribution in [0.25, 0.3) is 0 Å². The van der Waals surface area contributed by atoms with Crippen molar-refractivity contribution in [1.29, 1.82) is 5.26 Å². The number of benzene rings is 1. The molecule has 1 fully saturated rings. The first-order chi connectivity index (χ1) is 8.22. The van der Waals surface area contributed by atoms with Crippen LogP contribution in [0.3, 0.4) is 0 Å². The van der Waals surface area contributed by atoms with Crippen molar-refractivity contribution in [2.24, 2.45) is 0 Å². The maximum absolute atomic E-state index is 9.07. The van der Waals surface area contributed by atoms with Crippen LogP contribution < -0.4 is 5.32 Å². The lowest BCUT2D eigenvalue weighted by Crippen LogP contribution is -2.40. The average molecular weight is 230 g/mol. The van der Waals surface area contributed by atoms with Gasteiger partial charge in [-0.1, -0.05) is 6.07 Å². The van der Waals surface area contributed by atoms with E-state index in [0.717, 1.165) is 36.3 Å². The molecule has 1 aliphatic carbocycles. The van der Waals surface area contributed by atoms with Crippen molar-refractivity contribution in [2.45, 2.75) is 38.8 Å². The van der Waals surface area contributed by atoms with Gasteiger partial charge >= 0.3 is 0 Å². The van der Waals surface area contributed by atoms with Crippen molar-refractivity contribution in [2.75, 3.05) is 11.9 Å². The predicted octanol–water partition coefficient (Wildman–Crippen LogP) is 2.85. The summed E-state index contributed by atoms with van der Waals surface area (Å²) < 4.78 is 5.52. The lowest BCUT2D eigenvalue weighted by atomic mass is 9.88.